The zero-order valence-corrected chi connectivity index (χ0v) is 12.3. The van der Waals surface area contributed by atoms with Crippen molar-refractivity contribution in [2.45, 2.75) is 20.4 Å². The molecule has 0 aliphatic heterocycles. The van der Waals surface area contributed by atoms with Gasteiger partial charge < -0.3 is 15.7 Å². The molecule has 0 aliphatic carbocycles. The number of aromatic hydroxyl groups is 1. The second kappa shape index (κ2) is 6.90. The lowest BCUT2D eigenvalue weighted by atomic mass is 10.1. The molecule has 2 aromatic carbocycles. The highest BCUT2D eigenvalue weighted by molar-refractivity contribution is 6.06. The third kappa shape index (κ3) is 3.83. The van der Waals surface area contributed by atoms with Gasteiger partial charge in [0.2, 0.25) is 0 Å². The van der Waals surface area contributed by atoms with Gasteiger partial charge in [-0.25, -0.2) is 0 Å². The van der Waals surface area contributed by atoms with Gasteiger partial charge in [0.25, 0.3) is 5.91 Å². The number of hydrogen-bond donors (Lipinski definition) is 3. The quantitative estimate of drug-likeness (QED) is 0.790. The Hall–Kier alpha value is -2.33. The summed E-state index contributed by atoms with van der Waals surface area (Å²) < 4.78 is 0. The third-order valence-corrected chi connectivity index (χ3v) is 3.25. The number of benzene rings is 2. The molecule has 4 nitrogen and oxygen atoms in total. The Labute approximate surface area is 124 Å². The van der Waals surface area contributed by atoms with E-state index in [1.807, 2.05) is 31.2 Å². The van der Waals surface area contributed by atoms with Gasteiger partial charge in [-0.3, -0.25) is 4.79 Å². The zero-order chi connectivity index (χ0) is 15.2. The molecule has 0 aliphatic rings. The predicted molar refractivity (Wildman–Crippen MR) is 84.6 cm³/mol. The largest absolute Gasteiger partial charge is 0.507 e. The van der Waals surface area contributed by atoms with Crippen LogP contribution in [-0.4, -0.2) is 17.6 Å². The van der Waals surface area contributed by atoms with Crippen molar-refractivity contribution in [3.63, 3.8) is 0 Å². The summed E-state index contributed by atoms with van der Waals surface area (Å²) in [7, 11) is 0. The first-order chi connectivity index (χ1) is 10.1. The fraction of sp³-hybridized carbons (Fsp3) is 0.235. The summed E-state index contributed by atoms with van der Waals surface area (Å²) in [5.41, 5.74) is 2.79. The molecule has 0 atom stereocenters. The van der Waals surface area contributed by atoms with Gasteiger partial charge in [0.15, 0.2) is 0 Å². The van der Waals surface area contributed by atoms with E-state index in [1.165, 1.54) is 0 Å². The number of carbonyl (C=O) groups excluding carboxylic acids is 1. The van der Waals surface area contributed by atoms with Crippen molar-refractivity contribution in [3.8, 4) is 5.75 Å². The summed E-state index contributed by atoms with van der Waals surface area (Å²) in [4.78, 5) is 12.2. The summed E-state index contributed by atoms with van der Waals surface area (Å²) in [6, 6.07) is 12.8. The highest BCUT2D eigenvalue weighted by Gasteiger charge is 2.12. The molecule has 0 bridgehead atoms. The lowest BCUT2D eigenvalue weighted by Gasteiger charge is -2.10. The van der Waals surface area contributed by atoms with Gasteiger partial charge in [-0.2, -0.15) is 0 Å². The molecule has 0 saturated heterocycles. The highest BCUT2D eigenvalue weighted by atomic mass is 16.3. The maximum atomic E-state index is 12.2. The van der Waals surface area contributed by atoms with Gasteiger partial charge in [0.1, 0.15) is 5.75 Å². The van der Waals surface area contributed by atoms with E-state index >= 15 is 0 Å². The van der Waals surface area contributed by atoms with Crippen molar-refractivity contribution in [3.05, 3.63) is 59.2 Å². The molecule has 1 amide bonds. The van der Waals surface area contributed by atoms with Crippen LogP contribution in [0.3, 0.4) is 0 Å². The number of carbonyl (C=O) groups is 1. The molecule has 0 spiro atoms. The molecule has 0 radical (unpaired) electrons. The first kappa shape index (κ1) is 15.1. The van der Waals surface area contributed by atoms with Crippen LogP contribution in [-0.2, 0) is 6.54 Å². The SMILES string of the molecule is CCNCc1cccc(NC(=O)c2cccc(C)c2O)c1. The van der Waals surface area contributed by atoms with E-state index in [4.69, 9.17) is 0 Å². The van der Waals surface area contributed by atoms with Crippen LogP contribution in [0.15, 0.2) is 42.5 Å². The number of phenolic OH excluding ortho intramolecular Hbond substituents is 1. The molecule has 21 heavy (non-hydrogen) atoms. The van der Waals surface area contributed by atoms with Crippen LogP contribution in [0.2, 0.25) is 0 Å². The summed E-state index contributed by atoms with van der Waals surface area (Å²) in [5.74, 6) is -0.282. The van der Waals surface area contributed by atoms with E-state index in [2.05, 4.69) is 10.6 Å². The lowest BCUT2D eigenvalue weighted by Crippen LogP contribution is -2.14. The molecular weight excluding hydrogens is 264 g/mol. The predicted octanol–water partition coefficient (Wildman–Crippen LogP) is 3.06. The highest BCUT2D eigenvalue weighted by Crippen LogP contribution is 2.22. The number of rotatable bonds is 5. The molecule has 0 unspecified atom stereocenters. The Morgan fingerprint density at radius 1 is 1.19 bits per heavy atom. The monoisotopic (exact) mass is 284 g/mol. The van der Waals surface area contributed by atoms with E-state index in [0.717, 1.165) is 24.3 Å². The van der Waals surface area contributed by atoms with E-state index in [9.17, 15) is 9.90 Å². The number of aryl methyl sites for hydroxylation is 1. The van der Waals surface area contributed by atoms with Crippen LogP contribution in [0, 0.1) is 6.92 Å². The molecule has 3 N–H and O–H groups in total. The second-order valence-corrected chi connectivity index (χ2v) is 4.91. The maximum absolute atomic E-state index is 12.2. The molecule has 0 saturated carbocycles. The van der Waals surface area contributed by atoms with Gasteiger partial charge in [-0.1, -0.05) is 31.2 Å². The van der Waals surface area contributed by atoms with Crippen LogP contribution in [0.1, 0.15) is 28.4 Å². The van der Waals surface area contributed by atoms with Crippen molar-refractivity contribution < 1.29 is 9.90 Å². The van der Waals surface area contributed by atoms with E-state index in [1.54, 1.807) is 25.1 Å². The minimum Gasteiger partial charge on any atom is -0.507 e. The maximum Gasteiger partial charge on any atom is 0.259 e. The van der Waals surface area contributed by atoms with E-state index in [0.29, 0.717) is 5.56 Å². The fourth-order valence-electron chi connectivity index (χ4n) is 2.07. The topological polar surface area (TPSA) is 61.4 Å². The molecule has 2 aromatic rings. The summed E-state index contributed by atoms with van der Waals surface area (Å²) >= 11 is 0. The lowest BCUT2D eigenvalue weighted by molar-refractivity contribution is 0.102. The average molecular weight is 284 g/mol. The Morgan fingerprint density at radius 2 is 1.95 bits per heavy atom. The first-order valence-electron chi connectivity index (χ1n) is 7.01. The van der Waals surface area contributed by atoms with Gasteiger partial charge in [-0.05, 0) is 42.8 Å². The van der Waals surface area contributed by atoms with Crippen molar-refractivity contribution >= 4 is 11.6 Å². The molecular formula is C17H20N2O2. The number of para-hydroxylation sites is 1. The normalized spacial score (nSPS) is 10.4. The number of nitrogens with one attached hydrogen (secondary N) is 2. The van der Waals surface area contributed by atoms with Gasteiger partial charge >= 0.3 is 0 Å². The summed E-state index contributed by atoms with van der Waals surface area (Å²) in [6.07, 6.45) is 0. The Kier molecular flexibility index (Phi) is 4.95. The molecule has 4 heteroatoms. The van der Waals surface area contributed by atoms with Crippen molar-refractivity contribution in [2.24, 2.45) is 0 Å². The van der Waals surface area contributed by atoms with E-state index in [-0.39, 0.29) is 17.2 Å². The fourth-order valence-corrected chi connectivity index (χ4v) is 2.07. The van der Waals surface area contributed by atoms with Gasteiger partial charge in [-0.15, -0.1) is 0 Å². The third-order valence-electron chi connectivity index (χ3n) is 3.25. The van der Waals surface area contributed by atoms with Gasteiger partial charge in [0, 0.05) is 12.2 Å². The first-order valence-corrected chi connectivity index (χ1v) is 7.01. The van der Waals surface area contributed by atoms with Crippen molar-refractivity contribution in [2.75, 3.05) is 11.9 Å². The smallest absolute Gasteiger partial charge is 0.259 e. The Balaban J connectivity index is 2.14. The molecule has 0 heterocycles. The minimum atomic E-state index is -0.309. The van der Waals surface area contributed by atoms with Gasteiger partial charge in [0.05, 0.1) is 5.56 Å². The van der Waals surface area contributed by atoms with Crippen LogP contribution in [0.5, 0.6) is 5.75 Å². The number of phenols is 1. The van der Waals surface area contributed by atoms with Crippen LogP contribution in [0.4, 0.5) is 5.69 Å². The molecule has 0 fully saturated rings. The van der Waals surface area contributed by atoms with Crippen molar-refractivity contribution in [1.29, 1.82) is 0 Å². The Morgan fingerprint density at radius 3 is 2.71 bits per heavy atom. The average Bonchev–Trinajstić information content (AvgIpc) is 2.48. The summed E-state index contributed by atoms with van der Waals surface area (Å²) in [6.45, 7) is 5.47. The summed E-state index contributed by atoms with van der Waals surface area (Å²) in [5, 5.41) is 16.0. The zero-order valence-electron chi connectivity index (χ0n) is 12.3. The van der Waals surface area contributed by atoms with Crippen LogP contribution >= 0.6 is 0 Å². The number of anilines is 1. The number of amides is 1. The molecule has 2 rings (SSSR count). The second-order valence-electron chi connectivity index (χ2n) is 4.91. The van der Waals surface area contributed by atoms with Crippen molar-refractivity contribution in [1.82, 2.24) is 5.32 Å². The molecule has 110 valence electrons. The number of hydrogen-bond acceptors (Lipinski definition) is 3. The van der Waals surface area contributed by atoms with Crippen LogP contribution < -0.4 is 10.6 Å². The Bertz CT molecular complexity index is 638. The van der Waals surface area contributed by atoms with Crippen LogP contribution in [0.25, 0.3) is 0 Å². The standard InChI is InChI=1S/C17H20N2O2/c1-3-18-11-13-7-5-8-14(10-13)19-17(21)15-9-4-6-12(2)16(15)20/h4-10,18,20H,3,11H2,1-2H3,(H,19,21). The van der Waals surface area contributed by atoms with E-state index < -0.39 is 0 Å². The minimum absolute atomic E-state index is 0.0267. The molecule has 0 aromatic heterocycles.